The Labute approximate surface area is 161 Å². The van der Waals surface area contributed by atoms with Crippen molar-refractivity contribution in [2.75, 3.05) is 12.4 Å². The van der Waals surface area contributed by atoms with Crippen molar-refractivity contribution in [3.8, 4) is 17.0 Å². The van der Waals surface area contributed by atoms with Crippen molar-refractivity contribution in [2.45, 2.75) is 0 Å². The molecule has 1 aromatic carbocycles. The van der Waals surface area contributed by atoms with Gasteiger partial charge in [-0.2, -0.15) is 0 Å². The summed E-state index contributed by atoms with van der Waals surface area (Å²) in [7, 11) is 1.45. The molecule has 3 rings (SSSR count). The number of hydrogen-bond donors (Lipinski definition) is 2. The van der Waals surface area contributed by atoms with Gasteiger partial charge in [0.25, 0.3) is 5.91 Å². The summed E-state index contributed by atoms with van der Waals surface area (Å²) in [6, 6.07) is 12.1. The average molecular weight is 433 g/mol. The van der Waals surface area contributed by atoms with Gasteiger partial charge in [-0.3, -0.25) is 4.79 Å². The Balaban J connectivity index is 1.94. The monoisotopic (exact) mass is 432 g/mol. The van der Waals surface area contributed by atoms with E-state index in [1.54, 1.807) is 17.5 Å². The van der Waals surface area contributed by atoms with Crippen LogP contribution in [0.5, 0.6) is 5.88 Å². The summed E-state index contributed by atoms with van der Waals surface area (Å²) in [6.45, 7) is 0. The molecule has 0 saturated heterocycles. The predicted octanol–water partition coefficient (Wildman–Crippen LogP) is 4.53. The van der Waals surface area contributed by atoms with Crippen molar-refractivity contribution in [3.63, 3.8) is 0 Å². The Kier molecular flexibility index (Phi) is 5.34. The van der Waals surface area contributed by atoms with Crippen LogP contribution in [0.4, 0.5) is 5.00 Å². The number of hydrogen-bond acceptors (Lipinski definition) is 5. The standard InChI is InChI=1S/C18H13BrN2O4S/c1-25-14-4-2-3-13(20-14)16(22)21-17-15(18(23)24)12(9-26-17)10-5-7-11(19)8-6-10/h2-9H,1H3,(H,21,22)(H,23,24). The molecular weight excluding hydrogens is 420 g/mol. The van der Waals surface area contributed by atoms with Crippen molar-refractivity contribution in [2.24, 2.45) is 0 Å². The largest absolute Gasteiger partial charge is 0.481 e. The second kappa shape index (κ2) is 7.67. The van der Waals surface area contributed by atoms with Crippen LogP contribution in [0.1, 0.15) is 20.8 Å². The molecule has 8 heteroatoms. The van der Waals surface area contributed by atoms with Gasteiger partial charge in [-0.05, 0) is 23.8 Å². The molecule has 26 heavy (non-hydrogen) atoms. The van der Waals surface area contributed by atoms with E-state index in [1.165, 1.54) is 13.2 Å². The van der Waals surface area contributed by atoms with Gasteiger partial charge in [0, 0.05) is 21.5 Å². The smallest absolute Gasteiger partial charge is 0.339 e. The number of aromatic carboxylic acids is 1. The Morgan fingerprint density at radius 1 is 1.19 bits per heavy atom. The lowest BCUT2D eigenvalue weighted by atomic mass is 10.0. The summed E-state index contributed by atoms with van der Waals surface area (Å²) in [4.78, 5) is 28.3. The number of pyridine rings is 1. The second-order valence-corrected chi connectivity index (χ2v) is 6.98. The van der Waals surface area contributed by atoms with Crippen LogP contribution in [0.15, 0.2) is 52.3 Å². The number of halogens is 1. The topological polar surface area (TPSA) is 88.5 Å². The fourth-order valence-corrected chi connectivity index (χ4v) is 3.55. The lowest BCUT2D eigenvalue weighted by Gasteiger charge is -2.07. The quantitative estimate of drug-likeness (QED) is 0.617. The Morgan fingerprint density at radius 2 is 1.92 bits per heavy atom. The SMILES string of the molecule is COc1cccc(C(=O)Nc2scc(-c3ccc(Br)cc3)c2C(=O)O)n1. The molecule has 0 unspecified atom stereocenters. The number of ether oxygens (including phenoxy) is 1. The van der Waals surface area contributed by atoms with E-state index in [-0.39, 0.29) is 16.3 Å². The number of rotatable bonds is 5. The number of benzene rings is 1. The molecular formula is C18H13BrN2O4S. The van der Waals surface area contributed by atoms with Crippen LogP contribution in [0, 0.1) is 0 Å². The molecule has 0 spiro atoms. The van der Waals surface area contributed by atoms with Gasteiger partial charge >= 0.3 is 5.97 Å². The highest BCUT2D eigenvalue weighted by molar-refractivity contribution is 9.10. The molecule has 0 aliphatic rings. The van der Waals surface area contributed by atoms with Gasteiger partial charge in [-0.15, -0.1) is 11.3 Å². The van der Waals surface area contributed by atoms with Crippen LogP contribution in [0.3, 0.4) is 0 Å². The van der Waals surface area contributed by atoms with Crippen LogP contribution >= 0.6 is 27.3 Å². The summed E-state index contributed by atoms with van der Waals surface area (Å²) in [5.41, 5.74) is 1.48. The summed E-state index contributed by atoms with van der Waals surface area (Å²) in [6.07, 6.45) is 0. The zero-order valence-electron chi connectivity index (χ0n) is 13.5. The molecule has 132 valence electrons. The molecule has 0 aliphatic carbocycles. The number of carboxylic acid groups (broad SMARTS) is 1. The van der Waals surface area contributed by atoms with E-state index in [2.05, 4.69) is 26.2 Å². The molecule has 2 heterocycles. The van der Waals surface area contributed by atoms with Gasteiger partial charge < -0.3 is 15.2 Å². The second-order valence-electron chi connectivity index (χ2n) is 5.18. The molecule has 0 radical (unpaired) electrons. The van der Waals surface area contributed by atoms with E-state index < -0.39 is 11.9 Å². The average Bonchev–Trinajstić information content (AvgIpc) is 3.06. The maximum absolute atomic E-state index is 12.4. The lowest BCUT2D eigenvalue weighted by molar-refractivity contribution is 0.0699. The zero-order chi connectivity index (χ0) is 18.7. The number of aromatic nitrogens is 1. The fraction of sp³-hybridized carbons (Fsp3) is 0.0556. The van der Waals surface area contributed by atoms with Gasteiger partial charge in [-0.25, -0.2) is 9.78 Å². The highest BCUT2D eigenvalue weighted by atomic mass is 79.9. The molecule has 1 amide bonds. The number of nitrogens with zero attached hydrogens (tertiary/aromatic N) is 1. The van der Waals surface area contributed by atoms with Crippen molar-refractivity contribution in [3.05, 3.63) is 63.6 Å². The van der Waals surface area contributed by atoms with Gasteiger partial charge in [0.15, 0.2) is 0 Å². The highest BCUT2D eigenvalue weighted by Gasteiger charge is 2.22. The van der Waals surface area contributed by atoms with Gasteiger partial charge in [-0.1, -0.05) is 34.1 Å². The number of anilines is 1. The summed E-state index contributed by atoms with van der Waals surface area (Å²) >= 11 is 4.51. The number of thiophene rings is 1. The Hall–Kier alpha value is -2.71. The van der Waals surface area contributed by atoms with E-state index in [4.69, 9.17) is 4.74 Å². The van der Waals surface area contributed by atoms with E-state index in [0.29, 0.717) is 11.4 Å². The summed E-state index contributed by atoms with van der Waals surface area (Å²) in [5.74, 6) is -1.31. The van der Waals surface area contributed by atoms with Crippen LogP contribution in [0.25, 0.3) is 11.1 Å². The van der Waals surface area contributed by atoms with Crippen molar-refractivity contribution in [1.29, 1.82) is 0 Å². The third-order valence-electron chi connectivity index (χ3n) is 3.55. The number of carbonyl (C=O) groups is 2. The molecule has 2 N–H and O–H groups in total. The van der Waals surface area contributed by atoms with Crippen LogP contribution in [-0.2, 0) is 0 Å². The minimum atomic E-state index is -1.11. The molecule has 0 bridgehead atoms. The molecule has 0 aliphatic heterocycles. The normalized spacial score (nSPS) is 10.4. The third kappa shape index (κ3) is 3.76. The Bertz CT molecular complexity index is 970. The van der Waals surface area contributed by atoms with Gasteiger partial charge in [0.2, 0.25) is 5.88 Å². The Morgan fingerprint density at radius 3 is 2.58 bits per heavy atom. The maximum Gasteiger partial charge on any atom is 0.339 e. The number of carboxylic acids is 1. The van der Waals surface area contributed by atoms with Gasteiger partial charge in [0.1, 0.15) is 16.3 Å². The fourth-order valence-electron chi connectivity index (χ4n) is 2.33. The number of carbonyl (C=O) groups excluding carboxylic acids is 1. The number of methoxy groups -OCH3 is 1. The van der Waals surface area contributed by atoms with Crippen molar-refractivity contribution in [1.82, 2.24) is 4.98 Å². The van der Waals surface area contributed by atoms with Crippen LogP contribution < -0.4 is 10.1 Å². The number of nitrogens with one attached hydrogen (secondary N) is 1. The first kappa shape index (κ1) is 18.1. The van der Waals surface area contributed by atoms with E-state index in [1.807, 2.05) is 24.3 Å². The molecule has 2 aromatic heterocycles. The molecule has 3 aromatic rings. The first-order valence-electron chi connectivity index (χ1n) is 7.42. The van der Waals surface area contributed by atoms with Crippen LogP contribution in [-0.4, -0.2) is 29.1 Å². The summed E-state index contributed by atoms with van der Waals surface area (Å²) in [5, 5.41) is 14.2. The molecule has 0 fully saturated rings. The first-order valence-corrected chi connectivity index (χ1v) is 9.10. The van der Waals surface area contributed by atoms with E-state index in [9.17, 15) is 14.7 Å². The third-order valence-corrected chi connectivity index (χ3v) is 4.98. The van der Waals surface area contributed by atoms with E-state index in [0.717, 1.165) is 21.4 Å². The number of amides is 1. The lowest BCUT2D eigenvalue weighted by Crippen LogP contribution is -2.15. The highest BCUT2D eigenvalue weighted by Crippen LogP contribution is 2.36. The predicted molar refractivity (Wildman–Crippen MR) is 103 cm³/mol. The first-order chi connectivity index (χ1) is 12.5. The van der Waals surface area contributed by atoms with Crippen molar-refractivity contribution < 1.29 is 19.4 Å². The van der Waals surface area contributed by atoms with Crippen molar-refractivity contribution >= 4 is 44.1 Å². The minimum Gasteiger partial charge on any atom is -0.481 e. The minimum absolute atomic E-state index is 0.0496. The molecule has 0 saturated carbocycles. The van der Waals surface area contributed by atoms with Crippen LogP contribution in [0.2, 0.25) is 0 Å². The maximum atomic E-state index is 12.4. The van der Waals surface area contributed by atoms with E-state index >= 15 is 0 Å². The summed E-state index contributed by atoms with van der Waals surface area (Å²) < 4.78 is 5.90. The molecule has 0 atom stereocenters. The van der Waals surface area contributed by atoms with Gasteiger partial charge in [0.05, 0.1) is 7.11 Å². The molecule has 6 nitrogen and oxygen atoms in total. The zero-order valence-corrected chi connectivity index (χ0v) is 15.9.